The van der Waals surface area contributed by atoms with Gasteiger partial charge in [-0.3, -0.25) is 4.79 Å². The molecule has 0 spiro atoms. The molecule has 20 heavy (non-hydrogen) atoms. The lowest BCUT2D eigenvalue weighted by Crippen LogP contribution is -2.05. The zero-order valence-corrected chi connectivity index (χ0v) is 10.6. The maximum atomic E-state index is 13.6. The molecule has 0 bridgehead atoms. The van der Waals surface area contributed by atoms with Crippen molar-refractivity contribution in [3.8, 4) is 5.75 Å². The lowest BCUT2D eigenvalue weighted by molar-refractivity contribution is -0.132. The molecule has 0 fully saturated rings. The van der Waals surface area contributed by atoms with Crippen LogP contribution in [0, 0.1) is 11.6 Å². The quantitative estimate of drug-likeness (QED) is 0.473. The summed E-state index contributed by atoms with van der Waals surface area (Å²) in [5.74, 6) is -4.29. The topological polar surface area (TPSA) is 65.0 Å². The number of hydrogen-bond donors (Lipinski definition) is 0. The van der Waals surface area contributed by atoms with Gasteiger partial charge in [-0.25, -0.2) is 18.6 Å². The van der Waals surface area contributed by atoms with Crippen molar-refractivity contribution in [2.45, 2.75) is 13.8 Å². The number of rotatable bonds is 2. The van der Waals surface area contributed by atoms with Gasteiger partial charge in [0.25, 0.3) is 0 Å². The van der Waals surface area contributed by atoms with Crippen LogP contribution in [0.4, 0.5) is 8.78 Å². The van der Waals surface area contributed by atoms with E-state index in [9.17, 15) is 18.4 Å². The van der Waals surface area contributed by atoms with Crippen molar-refractivity contribution in [1.29, 1.82) is 0 Å². The number of halogens is 2. The number of benzene rings is 1. The molecule has 0 aliphatic carbocycles. The number of esters is 2. The molecule has 0 unspecified atom stereocenters. The molecule has 2 rings (SSSR count). The second kappa shape index (κ2) is 5.20. The molecule has 7 heteroatoms. The highest BCUT2D eigenvalue weighted by atomic mass is 19.1. The summed E-state index contributed by atoms with van der Waals surface area (Å²) >= 11 is 0. The second-order valence-corrected chi connectivity index (χ2v) is 3.96. The third-order valence-corrected chi connectivity index (χ3v) is 2.30. The molecule has 1 aliphatic rings. The molecule has 0 radical (unpaired) electrons. The van der Waals surface area contributed by atoms with E-state index in [4.69, 9.17) is 0 Å². The van der Waals surface area contributed by atoms with Gasteiger partial charge in [0, 0.05) is 13.8 Å². The van der Waals surface area contributed by atoms with Crippen molar-refractivity contribution in [2.24, 2.45) is 4.99 Å². The Kier molecular flexibility index (Phi) is 3.60. The number of carbonyl (C=O) groups is 2. The first kappa shape index (κ1) is 13.9. The lowest BCUT2D eigenvalue weighted by atomic mass is 10.1. The van der Waals surface area contributed by atoms with Gasteiger partial charge in [-0.05, 0) is 23.8 Å². The first-order valence-electron chi connectivity index (χ1n) is 5.53. The number of aliphatic imine (C=N–C) groups is 1. The Balaban J connectivity index is 2.38. The smallest absolute Gasteiger partial charge is 0.363 e. The van der Waals surface area contributed by atoms with E-state index >= 15 is 0 Å². The Hall–Kier alpha value is -2.57. The van der Waals surface area contributed by atoms with Crippen LogP contribution in [0.2, 0.25) is 0 Å². The molecular formula is C13H9F2NO4. The van der Waals surface area contributed by atoms with E-state index < -0.39 is 29.3 Å². The molecule has 5 nitrogen and oxygen atoms in total. The van der Waals surface area contributed by atoms with E-state index in [0.29, 0.717) is 0 Å². The molecule has 0 aromatic heterocycles. The first-order valence-corrected chi connectivity index (χ1v) is 5.53. The van der Waals surface area contributed by atoms with Crippen LogP contribution in [0.3, 0.4) is 0 Å². The fraction of sp³-hybridized carbons (Fsp3) is 0.154. The summed E-state index contributed by atoms with van der Waals surface area (Å²) in [5.41, 5.74) is -0.0113. The summed E-state index contributed by atoms with van der Waals surface area (Å²) in [6.45, 7) is 2.50. The van der Waals surface area contributed by atoms with Crippen molar-refractivity contribution in [2.75, 3.05) is 0 Å². The standard InChI is InChI=1S/C13H9F2NO4/c1-6-16-11(13(18)19-6)5-8-3-9(14)12(10(15)4-8)20-7(2)17/h3-5H,1-2H3. The molecule has 0 N–H and O–H groups in total. The number of cyclic esters (lactones) is 1. The molecule has 0 amide bonds. The molecule has 1 aromatic carbocycles. The van der Waals surface area contributed by atoms with Crippen LogP contribution < -0.4 is 4.74 Å². The zero-order valence-electron chi connectivity index (χ0n) is 10.6. The van der Waals surface area contributed by atoms with Crippen molar-refractivity contribution >= 4 is 23.9 Å². The van der Waals surface area contributed by atoms with Crippen LogP contribution in [0.25, 0.3) is 6.08 Å². The van der Waals surface area contributed by atoms with Crippen LogP contribution in [0.5, 0.6) is 5.75 Å². The predicted octanol–water partition coefficient (Wildman–Crippen LogP) is 2.21. The molecule has 1 aliphatic heterocycles. The van der Waals surface area contributed by atoms with Crippen molar-refractivity contribution in [1.82, 2.24) is 0 Å². The van der Waals surface area contributed by atoms with Gasteiger partial charge < -0.3 is 9.47 Å². The van der Waals surface area contributed by atoms with E-state index in [-0.39, 0.29) is 17.2 Å². The number of carbonyl (C=O) groups excluding carboxylic acids is 2. The van der Waals surface area contributed by atoms with E-state index in [2.05, 4.69) is 14.5 Å². The summed E-state index contributed by atoms with van der Waals surface area (Å²) in [6, 6.07) is 1.84. The minimum atomic E-state index is -1.06. The fourth-order valence-corrected chi connectivity index (χ4v) is 1.58. The summed E-state index contributed by atoms with van der Waals surface area (Å²) < 4.78 is 36.3. The van der Waals surface area contributed by atoms with Gasteiger partial charge in [-0.1, -0.05) is 0 Å². The summed E-state index contributed by atoms with van der Waals surface area (Å²) in [7, 11) is 0. The van der Waals surface area contributed by atoms with Crippen LogP contribution in [0.1, 0.15) is 19.4 Å². The maximum Gasteiger partial charge on any atom is 0.363 e. The number of ether oxygens (including phenoxy) is 2. The second-order valence-electron chi connectivity index (χ2n) is 3.96. The van der Waals surface area contributed by atoms with Crippen molar-refractivity contribution in [3.63, 3.8) is 0 Å². The highest BCUT2D eigenvalue weighted by Gasteiger charge is 2.20. The van der Waals surface area contributed by atoms with Gasteiger partial charge in [0.15, 0.2) is 23.2 Å². The molecule has 0 saturated heterocycles. The largest absolute Gasteiger partial charge is 0.420 e. The summed E-state index contributed by atoms with van der Waals surface area (Å²) in [6.07, 6.45) is 1.17. The van der Waals surface area contributed by atoms with E-state index in [1.165, 1.54) is 13.0 Å². The summed E-state index contributed by atoms with van der Waals surface area (Å²) in [5, 5.41) is 0. The van der Waals surface area contributed by atoms with Gasteiger partial charge in [0.1, 0.15) is 0 Å². The Morgan fingerprint density at radius 2 is 1.95 bits per heavy atom. The molecule has 0 saturated carbocycles. The van der Waals surface area contributed by atoms with Gasteiger partial charge in [0.2, 0.25) is 5.75 Å². The Bertz CT molecular complexity index is 641. The van der Waals surface area contributed by atoms with E-state index in [0.717, 1.165) is 19.1 Å². The normalized spacial score (nSPS) is 16.1. The minimum absolute atomic E-state index is 0.0568. The van der Waals surface area contributed by atoms with Crippen molar-refractivity contribution in [3.05, 3.63) is 35.0 Å². The number of nitrogens with zero attached hydrogens (tertiary/aromatic N) is 1. The van der Waals surface area contributed by atoms with E-state index in [1.54, 1.807) is 0 Å². The first-order chi connectivity index (χ1) is 9.36. The molecular weight excluding hydrogens is 272 g/mol. The SMILES string of the molecule is CC(=O)Oc1c(F)cc(C=C2N=C(C)OC2=O)cc1F. The maximum absolute atomic E-state index is 13.6. The van der Waals surface area contributed by atoms with Gasteiger partial charge in [-0.2, -0.15) is 0 Å². The predicted molar refractivity (Wildman–Crippen MR) is 64.8 cm³/mol. The number of hydrogen-bond acceptors (Lipinski definition) is 5. The van der Waals surface area contributed by atoms with E-state index in [1.807, 2.05) is 0 Å². The molecule has 1 aromatic rings. The highest BCUT2D eigenvalue weighted by molar-refractivity contribution is 6.06. The fourth-order valence-electron chi connectivity index (χ4n) is 1.58. The average Bonchev–Trinajstić information content (AvgIpc) is 2.62. The Morgan fingerprint density at radius 3 is 2.40 bits per heavy atom. The van der Waals surface area contributed by atoms with Crippen LogP contribution in [-0.2, 0) is 14.3 Å². The molecule has 104 valence electrons. The molecule has 0 atom stereocenters. The monoisotopic (exact) mass is 281 g/mol. The minimum Gasteiger partial charge on any atom is -0.420 e. The van der Waals surface area contributed by atoms with Gasteiger partial charge in [0.05, 0.1) is 0 Å². The van der Waals surface area contributed by atoms with Crippen molar-refractivity contribution < 1.29 is 27.8 Å². The van der Waals surface area contributed by atoms with Crippen LogP contribution >= 0.6 is 0 Å². The zero-order chi connectivity index (χ0) is 14.9. The third kappa shape index (κ3) is 2.87. The molecule has 1 heterocycles. The summed E-state index contributed by atoms with van der Waals surface area (Å²) in [4.78, 5) is 25.8. The average molecular weight is 281 g/mol. The third-order valence-electron chi connectivity index (χ3n) is 2.30. The highest BCUT2D eigenvalue weighted by Crippen LogP contribution is 2.25. The van der Waals surface area contributed by atoms with Gasteiger partial charge >= 0.3 is 11.9 Å². The Morgan fingerprint density at radius 1 is 1.35 bits per heavy atom. The van der Waals surface area contributed by atoms with Crippen LogP contribution in [-0.4, -0.2) is 17.8 Å². The van der Waals surface area contributed by atoms with Gasteiger partial charge in [-0.15, -0.1) is 0 Å². The Labute approximate surface area is 112 Å². The lowest BCUT2D eigenvalue weighted by Gasteiger charge is -2.05. The van der Waals surface area contributed by atoms with Crippen LogP contribution in [0.15, 0.2) is 22.8 Å².